The number of aromatic nitrogens is 4. The molecule has 2 heterocycles. The van der Waals surface area contributed by atoms with Gasteiger partial charge in [0.1, 0.15) is 11.4 Å². The number of anilines is 1. The molecule has 0 unspecified atom stereocenters. The summed E-state index contributed by atoms with van der Waals surface area (Å²) in [5, 5.41) is 14.4. The van der Waals surface area contributed by atoms with Crippen molar-refractivity contribution in [3.63, 3.8) is 0 Å². The molecule has 0 aliphatic heterocycles. The average molecular weight is 327 g/mol. The molecule has 124 valence electrons. The summed E-state index contributed by atoms with van der Waals surface area (Å²) in [7, 11) is 3.38. The number of carbonyl (C=O) groups is 1. The first-order valence-corrected chi connectivity index (χ1v) is 7.32. The maximum atomic E-state index is 12.1. The highest BCUT2D eigenvalue weighted by Gasteiger charge is 2.14. The highest BCUT2D eigenvalue weighted by molar-refractivity contribution is 5.90. The third-order valence-corrected chi connectivity index (χ3v) is 3.54. The number of hydrogen-bond donors (Lipinski definition) is 1. The van der Waals surface area contributed by atoms with Crippen LogP contribution in [0.1, 0.15) is 11.1 Å². The van der Waals surface area contributed by atoms with Crippen molar-refractivity contribution in [2.45, 2.75) is 13.3 Å². The molecule has 24 heavy (non-hydrogen) atoms. The summed E-state index contributed by atoms with van der Waals surface area (Å²) in [6.45, 7) is 1.93. The average Bonchev–Trinajstić information content (AvgIpc) is 3.16. The molecule has 0 saturated carbocycles. The van der Waals surface area contributed by atoms with Gasteiger partial charge in [-0.15, -0.1) is 5.10 Å². The van der Waals surface area contributed by atoms with Gasteiger partial charge in [0.2, 0.25) is 5.91 Å². The van der Waals surface area contributed by atoms with E-state index in [4.69, 9.17) is 9.15 Å². The first kappa shape index (κ1) is 15.7. The van der Waals surface area contributed by atoms with Crippen molar-refractivity contribution < 1.29 is 13.9 Å². The second kappa shape index (κ2) is 6.53. The molecule has 8 nitrogen and oxygen atoms in total. The molecule has 1 N–H and O–H groups in total. The van der Waals surface area contributed by atoms with Crippen molar-refractivity contribution in [2.24, 2.45) is 7.05 Å². The Labute approximate surface area is 138 Å². The van der Waals surface area contributed by atoms with E-state index in [0.29, 0.717) is 11.6 Å². The molecule has 0 radical (unpaired) electrons. The van der Waals surface area contributed by atoms with E-state index in [1.54, 1.807) is 31.1 Å². The lowest BCUT2D eigenvalue weighted by molar-refractivity contribution is -0.115. The Kier molecular flexibility index (Phi) is 4.28. The van der Waals surface area contributed by atoms with Crippen LogP contribution >= 0.6 is 0 Å². The normalized spacial score (nSPS) is 10.6. The minimum Gasteiger partial charge on any atom is -0.496 e. The zero-order chi connectivity index (χ0) is 17.1. The van der Waals surface area contributed by atoms with Crippen LogP contribution in [0.15, 0.2) is 34.9 Å². The Morgan fingerprint density at radius 2 is 2.17 bits per heavy atom. The third-order valence-electron chi connectivity index (χ3n) is 3.54. The van der Waals surface area contributed by atoms with Gasteiger partial charge in [-0.1, -0.05) is 17.2 Å². The Morgan fingerprint density at radius 1 is 1.33 bits per heavy atom. The predicted octanol–water partition coefficient (Wildman–Crippen LogP) is 1.97. The summed E-state index contributed by atoms with van der Waals surface area (Å²) in [5.74, 6) is 0.849. The highest BCUT2D eigenvalue weighted by Crippen LogP contribution is 2.20. The van der Waals surface area contributed by atoms with Gasteiger partial charge in [0.15, 0.2) is 0 Å². The molecule has 0 fully saturated rings. The molecular weight excluding hydrogens is 310 g/mol. The van der Waals surface area contributed by atoms with E-state index < -0.39 is 0 Å². The molecule has 1 aromatic carbocycles. The second-order valence-electron chi connectivity index (χ2n) is 5.28. The molecule has 0 atom stereocenters. The zero-order valence-electron chi connectivity index (χ0n) is 13.6. The molecular formula is C16H17N5O3. The quantitative estimate of drug-likeness (QED) is 0.770. The third kappa shape index (κ3) is 3.27. The van der Waals surface area contributed by atoms with E-state index >= 15 is 0 Å². The molecule has 0 spiro atoms. The van der Waals surface area contributed by atoms with Crippen LogP contribution in [0.25, 0.3) is 11.6 Å². The molecule has 3 aromatic rings. The summed E-state index contributed by atoms with van der Waals surface area (Å²) < 4.78 is 12.3. The molecule has 3 rings (SSSR count). The maximum Gasteiger partial charge on any atom is 0.322 e. The SMILES string of the molecule is COc1ccc(CC(=O)Nc2nnc(-c3ccnn3C)o2)cc1C. The standard InChI is InChI=1S/C16H17N5O3/c1-10-8-11(4-5-13(10)23-3)9-14(22)18-16-20-19-15(24-16)12-6-7-17-21(12)2/h4-8H,9H2,1-3H3,(H,18,20,22). The Bertz CT molecular complexity index is 868. The number of rotatable bonds is 5. The molecule has 0 bridgehead atoms. The molecule has 2 aromatic heterocycles. The van der Waals surface area contributed by atoms with Crippen LogP contribution in [0.2, 0.25) is 0 Å². The van der Waals surface area contributed by atoms with Crippen LogP contribution in [-0.4, -0.2) is 33.0 Å². The lowest BCUT2D eigenvalue weighted by atomic mass is 10.1. The van der Waals surface area contributed by atoms with E-state index in [1.807, 2.05) is 25.1 Å². The van der Waals surface area contributed by atoms with Crippen LogP contribution in [-0.2, 0) is 18.3 Å². The number of benzene rings is 1. The fourth-order valence-corrected chi connectivity index (χ4v) is 2.36. The lowest BCUT2D eigenvalue weighted by Gasteiger charge is -2.07. The number of hydrogen-bond acceptors (Lipinski definition) is 6. The van der Waals surface area contributed by atoms with E-state index in [9.17, 15) is 4.79 Å². The predicted molar refractivity (Wildman–Crippen MR) is 86.6 cm³/mol. The van der Waals surface area contributed by atoms with E-state index in [1.165, 1.54) is 0 Å². The Hall–Kier alpha value is -3.16. The summed E-state index contributed by atoms with van der Waals surface area (Å²) in [4.78, 5) is 12.1. The van der Waals surface area contributed by atoms with Crippen molar-refractivity contribution in [1.82, 2.24) is 20.0 Å². The van der Waals surface area contributed by atoms with Gasteiger partial charge in [0.25, 0.3) is 5.89 Å². The first-order chi connectivity index (χ1) is 11.6. The molecule has 0 saturated heterocycles. The summed E-state index contributed by atoms with van der Waals surface area (Å²) >= 11 is 0. The number of amides is 1. The van der Waals surface area contributed by atoms with Gasteiger partial charge in [-0.3, -0.25) is 14.8 Å². The minimum atomic E-state index is -0.236. The first-order valence-electron chi connectivity index (χ1n) is 7.32. The van der Waals surface area contributed by atoms with Gasteiger partial charge in [-0.25, -0.2) is 0 Å². The van der Waals surface area contributed by atoms with Crippen molar-refractivity contribution in [3.05, 3.63) is 41.6 Å². The maximum absolute atomic E-state index is 12.1. The fourth-order valence-electron chi connectivity index (χ4n) is 2.36. The van der Waals surface area contributed by atoms with Gasteiger partial charge in [-0.05, 0) is 30.2 Å². The number of methoxy groups -OCH3 is 1. The minimum absolute atomic E-state index is 0.0569. The number of carbonyl (C=O) groups excluding carboxylic acids is 1. The summed E-state index contributed by atoms with van der Waals surface area (Å²) in [5.41, 5.74) is 2.52. The van der Waals surface area contributed by atoms with E-state index in [0.717, 1.165) is 16.9 Å². The van der Waals surface area contributed by atoms with Gasteiger partial charge in [0.05, 0.1) is 13.5 Å². The van der Waals surface area contributed by atoms with Crippen LogP contribution in [0, 0.1) is 6.92 Å². The fraction of sp³-hybridized carbons (Fsp3) is 0.250. The van der Waals surface area contributed by atoms with Gasteiger partial charge >= 0.3 is 6.01 Å². The Morgan fingerprint density at radius 3 is 2.83 bits per heavy atom. The van der Waals surface area contributed by atoms with Gasteiger partial charge in [0, 0.05) is 13.2 Å². The largest absolute Gasteiger partial charge is 0.496 e. The second-order valence-corrected chi connectivity index (χ2v) is 5.28. The molecule has 0 aliphatic carbocycles. The van der Waals surface area contributed by atoms with Crippen LogP contribution in [0.5, 0.6) is 5.75 Å². The van der Waals surface area contributed by atoms with Crippen LogP contribution in [0.3, 0.4) is 0 Å². The molecule has 0 aliphatic rings. The smallest absolute Gasteiger partial charge is 0.322 e. The lowest BCUT2D eigenvalue weighted by Crippen LogP contribution is -2.14. The van der Waals surface area contributed by atoms with E-state index in [2.05, 4.69) is 20.6 Å². The van der Waals surface area contributed by atoms with Crippen molar-refractivity contribution in [2.75, 3.05) is 12.4 Å². The Balaban J connectivity index is 1.66. The van der Waals surface area contributed by atoms with Gasteiger partial charge in [-0.2, -0.15) is 5.10 Å². The zero-order valence-corrected chi connectivity index (χ0v) is 13.6. The van der Waals surface area contributed by atoms with Gasteiger partial charge < -0.3 is 9.15 Å². The summed E-state index contributed by atoms with van der Waals surface area (Å²) in [6.07, 6.45) is 1.83. The van der Waals surface area contributed by atoms with Crippen LogP contribution in [0.4, 0.5) is 6.01 Å². The number of aryl methyl sites for hydroxylation is 2. The van der Waals surface area contributed by atoms with E-state index in [-0.39, 0.29) is 18.3 Å². The summed E-state index contributed by atoms with van der Waals surface area (Å²) in [6, 6.07) is 7.40. The van der Waals surface area contributed by atoms with Crippen LogP contribution < -0.4 is 10.1 Å². The highest BCUT2D eigenvalue weighted by atomic mass is 16.5. The van der Waals surface area contributed by atoms with Crippen molar-refractivity contribution in [1.29, 1.82) is 0 Å². The molecule has 1 amide bonds. The van der Waals surface area contributed by atoms with Crippen molar-refractivity contribution >= 4 is 11.9 Å². The molecule has 8 heteroatoms. The topological polar surface area (TPSA) is 95.1 Å². The monoisotopic (exact) mass is 327 g/mol. The van der Waals surface area contributed by atoms with Crippen molar-refractivity contribution in [3.8, 4) is 17.3 Å². The number of nitrogens with one attached hydrogen (secondary N) is 1. The number of ether oxygens (including phenoxy) is 1. The number of nitrogens with zero attached hydrogens (tertiary/aromatic N) is 4.